The second-order valence-corrected chi connectivity index (χ2v) is 5.82. The molecule has 0 bridgehead atoms. The standard InChI is InChI=1S/C12H11F4NOS/c1-6-5-17(2-3-19-6)12(18)9-10(15)7(13)4-8(14)11(9)16/h4,6H,2-3,5H2,1H3. The molecule has 2 rings (SSSR count). The molecule has 1 fully saturated rings. The van der Waals surface area contributed by atoms with Crippen molar-refractivity contribution in [2.75, 3.05) is 18.8 Å². The van der Waals surface area contributed by atoms with Gasteiger partial charge in [-0.3, -0.25) is 4.79 Å². The lowest BCUT2D eigenvalue weighted by molar-refractivity contribution is 0.0750. The molecule has 0 aromatic heterocycles. The molecular formula is C12H11F4NOS. The van der Waals surface area contributed by atoms with Gasteiger partial charge in [0.1, 0.15) is 5.56 Å². The zero-order valence-corrected chi connectivity index (χ0v) is 10.9. The number of thioether (sulfide) groups is 1. The maximum absolute atomic E-state index is 13.5. The van der Waals surface area contributed by atoms with Crippen molar-refractivity contribution >= 4 is 17.7 Å². The van der Waals surface area contributed by atoms with Gasteiger partial charge in [0.15, 0.2) is 23.3 Å². The second-order valence-electron chi connectivity index (χ2n) is 4.28. The van der Waals surface area contributed by atoms with E-state index in [2.05, 4.69) is 0 Å². The van der Waals surface area contributed by atoms with Crippen molar-refractivity contribution in [1.29, 1.82) is 0 Å². The van der Waals surface area contributed by atoms with Gasteiger partial charge < -0.3 is 4.90 Å². The third kappa shape index (κ3) is 2.70. The zero-order valence-electron chi connectivity index (χ0n) is 10.1. The molecule has 7 heteroatoms. The van der Waals surface area contributed by atoms with E-state index in [0.717, 1.165) is 0 Å². The minimum absolute atomic E-state index is 0.0934. The quantitative estimate of drug-likeness (QED) is 0.586. The van der Waals surface area contributed by atoms with Crippen LogP contribution in [0.2, 0.25) is 0 Å². The molecule has 0 radical (unpaired) electrons. The van der Waals surface area contributed by atoms with Crippen LogP contribution in [0.15, 0.2) is 6.07 Å². The molecule has 0 saturated carbocycles. The number of halogens is 4. The van der Waals surface area contributed by atoms with Crippen LogP contribution in [0.4, 0.5) is 17.6 Å². The van der Waals surface area contributed by atoms with Gasteiger partial charge in [-0.1, -0.05) is 6.92 Å². The zero-order chi connectivity index (χ0) is 14.2. The molecule has 0 N–H and O–H groups in total. The topological polar surface area (TPSA) is 20.3 Å². The smallest absolute Gasteiger partial charge is 0.260 e. The molecule has 2 nitrogen and oxygen atoms in total. The Bertz CT molecular complexity index is 497. The van der Waals surface area contributed by atoms with E-state index in [1.807, 2.05) is 6.92 Å². The molecule has 0 spiro atoms. The van der Waals surface area contributed by atoms with E-state index in [0.29, 0.717) is 18.8 Å². The van der Waals surface area contributed by atoms with Crippen LogP contribution in [0, 0.1) is 23.3 Å². The number of benzene rings is 1. The summed E-state index contributed by atoms with van der Waals surface area (Å²) in [6.45, 7) is 2.45. The molecule has 1 aromatic carbocycles. The SMILES string of the molecule is CC1CN(C(=O)c2c(F)c(F)cc(F)c2F)CCS1. The lowest BCUT2D eigenvalue weighted by Gasteiger charge is -2.30. The molecular weight excluding hydrogens is 282 g/mol. The van der Waals surface area contributed by atoms with Crippen LogP contribution in [0.3, 0.4) is 0 Å². The summed E-state index contributed by atoms with van der Waals surface area (Å²) >= 11 is 1.62. The molecule has 1 aliphatic heterocycles. The summed E-state index contributed by atoms with van der Waals surface area (Å²) < 4.78 is 53.2. The average Bonchev–Trinajstić information content (AvgIpc) is 2.36. The Kier molecular flexibility index (Phi) is 4.03. The molecule has 1 unspecified atom stereocenters. The maximum atomic E-state index is 13.5. The number of nitrogens with zero attached hydrogens (tertiary/aromatic N) is 1. The van der Waals surface area contributed by atoms with E-state index in [4.69, 9.17) is 0 Å². The summed E-state index contributed by atoms with van der Waals surface area (Å²) in [6, 6.07) is 0.0934. The van der Waals surface area contributed by atoms with Crippen molar-refractivity contribution in [2.24, 2.45) is 0 Å². The first kappa shape index (κ1) is 14.2. The third-order valence-corrected chi connectivity index (χ3v) is 3.99. The molecule has 1 atom stereocenters. The van der Waals surface area contributed by atoms with Crippen LogP contribution in [0.25, 0.3) is 0 Å². The molecule has 104 valence electrons. The summed E-state index contributed by atoms with van der Waals surface area (Å²) in [5, 5.41) is 0.113. The van der Waals surface area contributed by atoms with Gasteiger partial charge in [0.05, 0.1) is 0 Å². The van der Waals surface area contributed by atoms with E-state index < -0.39 is 34.7 Å². The fourth-order valence-electron chi connectivity index (χ4n) is 1.92. The van der Waals surface area contributed by atoms with E-state index >= 15 is 0 Å². The van der Waals surface area contributed by atoms with Crippen molar-refractivity contribution in [3.8, 4) is 0 Å². The number of hydrogen-bond donors (Lipinski definition) is 0. The highest BCUT2D eigenvalue weighted by molar-refractivity contribution is 7.99. The Hall–Kier alpha value is -1.24. The maximum Gasteiger partial charge on any atom is 0.260 e. The molecule has 1 aromatic rings. The Morgan fingerprint density at radius 1 is 1.26 bits per heavy atom. The van der Waals surface area contributed by atoms with E-state index in [-0.39, 0.29) is 11.3 Å². The lowest BCUT2D eigenvalue weighted by atomic mass is 10.1. The van der Waals surface area contributed by atoms with Gasteiger partial charge in [0.2, 0.25) is 0 Å². The average molecular weight is 293 g/mol. The van der Waals surface area contributed by atoms with Gasteiger partial charge in [-0.15, -0.1) is 0 Å². The largest absolute Gasteiger partial charge is 0.337 e. The summed E-state index contributed by atoms with van der Waals surface area (Å²) in [4.78, 5) is 13.2. The summed E-state index contributed by atoms with van der Waals surface area (Å²) in [5.41, 5.74) is -1.16. The van der Waals surface area contributed by atoms with Gasteiger partial charge >= 0.3 is 0 Å². The summed E-state index contributed by atoms with van der Waals surface area (Å²) in [7, 11) is 0. The number of amides is 1. The van der Waals surface area contributed by atoms with Gasteiger partial charge in [-0.05, 0) is 0 Å². The van der Waals surface area contributed by atoms with Crippen molar-refractivity contribution in [3.05, 3.63) is 34.9 Å². The van der Waals surface area contributed by atoms with E-state index in [9.17, 15) is 22.4 Å². The van der Waals surface area contributed by atoms with Crippen LogP contribution in [0.1, 0.15) is 17.3 Å². The number of rotatable bonds is 1. The molecule has 1 aliphatic rings. The van der Waals surface area contributed by atoms with Gasteiger partial charge in [-0.25, -0.2) is 17.6 Å². The highest BCUT2D eigenvalue weighted by Crippen LogP contribution is 2.24. The van der Waals surface area contributed by atoms with Crippen molar-refractivity contribution in [3.63, 3.8) is 0 Å². The summed E-state index contributed by atoms with van der Waals surface area (Å²) in [5.74, 6) is -6.82. The summed E-state index contributed by atoms with van der Waals surface area (Å²) in [6.07, 6.45) is 0. The van der Waals surface area contributed by atoms with Crippen LogP contribution < -0.4 is 0 Å². The predicted octanol–water partition coefficient (Wildman–Crippen LogP) is 2.82. The van der Waals surface area contributed by atoms with Crippen LogP contribution in [-0.2, 0) is 0 Å². The minimum Gasteiger partial charge on any atom is -0.337 e. The Labute approximate surface area is 111 Å². The molecule has 0 aliphatic carbocycles. The Morgan fingerprint density at radius 3 is 2.37 bits per heavy atom. The predicted molar refractivity (Wildman–Crippen MR) is 64.1 cm³/mol. The normalized spacial score (nSPS) is 19.6. The molecule has 19 heavy (non-hydrogen) atoms. The number of carbonyl (C=O) groups is 1. The number of carbonyl (C=O) groups excluding carboxylic acids is 1. The number of hydrogen-bond acceptors (Lipinski definition) is 2. The van der Waals surface area contributed by atoms with E-state index in [1.54, 1.807) is 11.8 Å². The minimum atomic E-state index is -1.64. The molecule has 1 saturated heterocycles. The van der Waals surface area contributed by atoms with Crippen LogP contribution >= 0.6 is 11.8 Å². The first-order valence-electron chi connectivity index (χ1n) is 5.65. The van der Waals surface area contributed by atoms with Gasteiger partial charge in [0.25, 0.3) is 5.91 Å². The molecule has 1 heterocycles. The van der Waals surface area contributed by atoms with E-state index in [1.165, 1.54) is 4.90 Å². The highest BCUT2D eigenvalue weighted by atomic mass is 32.2. The first-order valence-corrected chi connectivity index (χ1v) is 6.70. The fraction of sp³-hybridized carbons (Fsp3) is 0.417. The fourth-order valence-corrected chi connectivity index (χ4v) is 2.94. The van der Waals surface area contributed by atoms with Crippen LogP contribution in [-0.4, -0.2) is 34.9 Å². The second kappa shape index (κ2) is 5.40. The molecule has 1 amide bonds. The van der Waals surface area contributed by atoms with Gasteiger partial charge in [0, 0.05) is 30.2 Å². The Balaban J connectivity index is 2.38. The highest BCUT2D eigenvalue weighted by Gasteiger charge is 2.30. The monoisotopic (exact) mass is 293 g/mol. The van der Waals surface area contributed by atoms with Crippen molar-refractivity contribution in [2.45, 2.75) is 12.2 Å². The lowest BCUT2D eigenvalue weighted by Crippen LogP contribution is -2.41. The van der Waals surface area contributed by atoms with Crippen LogP contribution in [0.5, 0.6) is 0 Å². The first-order chi connectivity index (χ1) is 8.91. The van der Waals surface area contributed by atoms with Crippen molar-refractivity contribution < 1.29 is 22.4 Å². The third-order valence-electron chi connectivity index (χ3n) is 2.85. The van der Waals surface area contributed by atoms with Gasteiger partial charge in [-0.2, -0.15) is 11.8 Å². The Morgan fingerprint density at radius 2 is 1.84 bits per heavy atom. The van der Waals surface area contributed by atoms with Crippen molar-refractivity contribution in [1.82, 2.24) is 4.90 Å².